The second kappa shape index (κ2) is 6.25. The molecule has 0 aromatic carbocycles. The van der Waals surface area contributed by atoms with Gasteiger partial charge in [-0.3, -0.25) is 0 Å². The third kappa shape index (κ3) is 5.25. The summed E-state index contributed by atoms with van der Waals surface area (Å²) >= 11 is 0. The van der Waals surface area contributed by atoms with Crippen LogP contribution < -0.4 is 10.6 Å². The van der Waals surface area contributed by atoms with E-state index in [4.69, 9.17) is 5.26 Å². The molecular weight excluding hydrogens is 102 g/mol. The highest BCUT2D eigenvalue weighted by molar-refractivity contribution is 4.63. The van der Waals surface area contributed by atoms with Crippen molar-refractivity contribution in [3.05, 3.63) is 0 Å². The second-order valence-corrected chi connectivity index (χ2v) is 1.50. The topological polar surface area (TPSA) is 47.8 Å². The van der Waals surface area contributed by atoms with Gasteiger partial charge in [-0.1, -0.05) is 0 Å². The number of nitrogens with one attached hydrogen (secondary N) is 2. The van der Waals surface area contributed by atoms with Crippen LogP contribution in [-0.2, 0) is 0 Å². The van der Waals surface area contributed by atoms with Crippen molar-refractivity contribution in [2.75, 3.05) is 20.1 Å². The maximum atomic E-state index is 7.98. The molecular formula is C5H11N3. The van der Waals surface area contributed by atoms with Gasteiger partial charge in [0.1, 0.15) is 0 Å². The molecule has 3 heteroatoms. The Morgan fingerprint density at radius 1 is 1.50 bits per heavy atom. The van der Waals surface area contributed by atoms with E-state index < -0.39 is 0 Å². The summed E-state index contributed by atoms with van der Waals surface area (Å²) in [4.78, 5) is 0. The van der Waals surface area contributed by atoms with Crippen molar-refractivity contribution in [3.63, 3.8) is 0 Å². The Balaban J connectivity index is 2.65. The summed E-state index contributed by atoms with van der Waals surface area (Å²) in [5.41, 5.74) is 0. The minimum Gasteiger partial charge on any atom is -0.324 e. The first-order valence-electron chi connectivity index (χ1n) is 2.68. The number of nitriles is 1. The van der Waals surface area contributed by atoms with Crippen LogP contribution in [0.1, 0.15) is 6.42 Å². The summed E-state index contributed by atoms with van der Waals surface area (Å²) in [5.74, 6) is 0. The first kappa shape index (κ1) is 7.25. The van der Waals surface area contributed by atoms with Crippen molar-refractivity contribution >= 4 is 0 Å². The molecule has 0 rings (SSSR count). The normalized spacial score (nSPS) is 8.00. The van der Waals surface area contributed by atoms with Gasteiger partial charge in [-0.15, -0.1) is 0 Å². The molecule has 0 aliphatic heterocycles. The molecule has 0 heterocycles. The van der Waals surface area contributed by atoms with Crippen molar-refractivity contribution in [2.24, 2.45) is 0 Å². The molecule has 0 bridgehead atoms. The summed E-state index contributed by atoms with van der Waals surface area (Å²) in [6.07, 6.45) is 2.85. The van der Waals surface area contributed by atoms with Gasteiger partial charge in [-0.2, -0.15) is 5.26 Å². The van der Waals surface area contributed by atoms with Crippen LogP contribution in [-0.4, -0.2) is 20.1 Å². The maximum Gasteiger partial charge on any atom is 0.176 e. The van der Waals surface area contributed by atoms with Gasteiger partial charge in [0.05, 0.1) is 0 Å². The molecule has 0 atom stereocenters. The summed E-state index contributed by atoms with van der Waals surface area (Å²) in [7, 11) is 1.90. The predicted octanol–water partition coefficient (Wildman–Crippen LogP) is -0.333. The molecule has 0 aliphatic rings. The first-order valence-corrected chi connectivity index (χ1v) is 2.68. The van der Waals surface area contributed by atoms with Crippen LogP contribution >= 0.6 is 0 Å². The highest BCUT2D eigenvalue weighted by Crippen LogP contribution is 1.67. The molecule has 0 saturated heterocycles. The molecule has 2 N–H and O–H groups in total. The van der Waals surface area contributed by atoms with Gasteiger partial charge in [0, 0.05) is 6.54 Å². The fourth-order valence-corrected chi connectivity index (χ4v) is 0.409. The Hall–Kier alpha value is -0.750. The predicted molar refractivity (Wildman–Crippen MR) is 32.2 cm³/mol. The van der Waals surface area contributed by atoms with Crippen LogP contribution in [0.15, 0.2) is 0 Å². The fraction of sp³-hybridized carbons (Fsp3) is 0.800. The minimum atomic E-state index is 0.775. The van der Waals surface area contributed by atoms with E-state index in [0.717, 1.165) is 19.5 Å². The lowest BCUT2D eigenvalue weighted by atomic mass is 10.4. The van der Waals surface area contributed by atoms with Crippen molar-refractivity contribution < 1.29 is 0 Å². The van der Waals surface area contributed by atoms with Crippen LogP contribution in [0.5, 0.6) is 0 Å². The highest BCUT2D eigenvalue weighted by atomic mass is 14.9. The lowest BCUT2D eigenvalue weighted by molar-refractivity contribution is 0.696. The zero-order valence-electron chi connectivity index (χ0n) is 5.07. The van der Waals surface area contributed by atoms with Crippen molar-refractivity contribution in [3.8, 4) is 6.19 Å². The van der Waals surface area contributed by atoms with E-state index in [2.05, 4.69) is 10.6 Å². The van der Waals surface area contributed by atoms with Crippen molar-refractivity contribution in [1.82, 2.24) is 10.6 Å². The molecule has 0 aliphatic carbocycles. The average molecular weight is 113 g/mol. The summed E-state index contributed by atoms with van der Waals surface area (Å²) in [5, 5.41) is 13.5. The average Bonchev–Trinajstić information content (AvgIpc) is 1.81. The van der Waals surface area contributed by atoms with Crippen molar-refractivity contribution in [1.29, 1.82) is 5.26 Å². The van der Waals surface area contributed by atoms with Gasteiger partial charge in [-0.05, 0) is 20.0 Å². The van der Waals surface area contributed by atoms with E-state index in [1.807, 2.05) is 13.2 Å². The van der Waals surface area contributed by atoms with Crippen molar-refractivity contribution in [2.45, 2.75) is 6.42 Å². The van der Waals surface area contributed by atoms with Gasteiger partial charge in [-0.25, -0.2) is 0 Å². The van der Waals surface area contributed by atoms with Gasteiger partial charge in [0.15, 0.2) is 6.19 Å². The number of rotatable bonds is 4. The quantitative estimate of drug-likeness (QED) is 0.298. The molecule has 0 aromatic heterocycles. The minimum absolute atomic E-state index is 0.775. The van der Waals surface area contributed by atoms with Crippen LogP contribution in [0.4, 0.5) is 0 Å². The van der Waals surface area contributed by atoms with E-state index in [1.165, 1.54) is 0 Å². The molecule has 0 spiro atoms. The summed E-state index contributed by atoms with van der Waals surface area (Å²) in [6, 6.07) is 0. The first-order chi connectivity index (χ1) is 3.91. The Bertz CT molecular complexity index is 74.2. The van der Waals surface area contributed by atoms with E-state index in [9.17, 15) is 0 Å². The lowest BCUT2D eigenvalue weighted by Crippen LogP contribution is -2.15. The molecule has 0 radical (unpaired) electrons. The summed E-state index contributed by atoms with van der Waals surface area (Å²) < 4.78 is 0. The zero-order chi connectivity index (χ0) is 6.24. The Morgan fingerprint density at radius 3 is 2.75 bits per heavy atom. The van der Waals surface area contributed by atoms with Gasteiger partial charge >= 0.3 is 0 Å². The Morgan fingerprint density at radius 2 is 2.25 bits per heavy atom. The fourth-order valence-electron chi connectivity index (χ4n) is 0.409. The van der Waals surface area contributed by atoms with Gasteiger partial charge in [0.25, 0.3) is 0 Å². The third-order valence-corrected chi connectivity index (χ3v) is 0.808. The maximum absolute atomic E-state index is 7.98. The molecule has 0 saturated carbocycles. The molecule has 0 aromatic rings. The van der Waals surface area contributed by atoms with E-state index in [-0.39, 0.29) is 0 Å². The largest absolute Gasteiger partial charge is 0.324 e. The molecule has 0 unspecified atom stereocenters. The van der Waals surface area contributed by atoms with E-state index >= 15 is 0 Å². The number of hydrogen-bond acceptors (Lipinski definition) is 3. The monoisotopic (exact) mass is 113 g/mol. The Kier molecular flexibility index (Phi) is 5.66. The molecule has 46 valence electrons. The van der Waals surface area contributed by atoms with Crippen LogP contribution in [0.25, 0.3) is 0 Å². The number of hydrogen-bond donors (Lipinski definition) is 2. The molecule has 0 amide bonds. The van der Waals surface area contributed by atoms with E-state index in [0.29, 0.717) is 0 Å². The van der Waals surface area contributed by atoms with Gasteiger partial charge in [0.2, 0.25) is 0 Å². The molecule has 8 heavy (non-hydrogen) atoms. The lowest BCUT2D eigenvalue weighted by Gasteiger charge is -1.94. The second-order valence-electron chi connectivity index (χ2n) is 1.50. The SMILES string of the molecule is CNCCCNC#N. The third-order valence-electron chi connectivity index (χ3n) is 0.808. The molecule has 0 fully saturated rings. The van der Waals surface area contributed by atoms with Crippen LogP contribution in [0.2, 0.25) is 0 Å². The zero-order valence-corrected chi connectivity index (χ0v) is 5.07. The number of nitrogens with zero attached hydrogens (tertiary/aromatic N) is 1. The smallest absolute Gasteiger partial charge is 0.176 e. The standard InChI is InChI=1S/C5H11N3/c1-7-3-2-4-8-5-6/h7-8H,2-4H2,1H3. The molecule has 3 nitrogen and oxygen atoms in total. The van der Waals surface area contributed by atoms with Crippen LogP contribution in [0, 0.1) is 11.5 Å². The summed E-state index contributed by atoms with van der Waals surface area (Å²) in [6.45, 7) is 1.74. The Labute approximate surface area is 49.7 Å². The van der Waals surface area contributed by atoms with Crippen LogP contribution in [0.3, 0.4) is 0 Å². The van der Waals surface area contributed by atoms with E-state index in [1.54, 1.807) is 0 Å². The highest BCUT2D eigenvalue weighted by Gasteiger charge is 1.79. The van der Waals surface area contributed by atoms with Gasteiger partial charge < -0.3 is 10.6 Å².